The number of hydrogen-bond donors (Lipinski definition) is 4. The highest BCUT2D eigenvalue weighted by atomic mass is 16.7. The molecule has 5 rings (SSSR count). The molecule has 0 amide bonds. The Hall–Kier alpha value is -2.11. The number of carbonyl (C=O) groups is 3. The predicted molar refractivity (Wildman–Crippen MR) is 182 cm³/mol. The Morgan fingerprint density at radius 2 is 1.63 bits per heavy atom. The maximum atomic E-state index is 14.5. The van der Waals surface area contributed by atoms with Gasteiger partial charge in [-0.05, 0) is 79.4 Å². The summed E-state index contributed by atoms with van der Waals surface area (Å²) in [6.07, 6.45) is -2.26. The summed E-state index contributed by atoms with van der Waals surface area (Å²) in [7, 11) is 0. The fourth-order valence-corrected chi connectivity index (χ4v) is 11.0. The lowest BCUT2D eigenvalue weighted by molar-refractivity contribution is -0.294. The van der Waals surface area contributed by atoms with Crippen molar-refractivity contribution in [3.05, 3.63) is 23.3 Å². The second kappa shape index (κ2) is 13.5. The summed E-state index contributed by atoms with van der Waals surface area (Å²) >= 11 is 0. The highest BCUT2D eigenvalue weighted by Gasteiger charge is 2.68. The maximum absolute atomic E-state index is 14.5. The highest BCUT2D eigenvalue weighted by Crippen LogP contribution is 2.72. The molecule has 5 aliphatic rings. The van der Waals surface area contributed by atoms with E-state index >= 15 is 0 Å². The number of esters is 2. The van der Waals surface area contributed by atoms with E-state index in [1.165, 1.54) is 18.1 Å². The normalized spacial score (nSPS) is 42.2. The Morgan fingerprint density at radius 1 is 0.959 bits per heavy atom. The monoisotopic (exact) mass is 688 g/mol. The molecule has 0 radical (unpaired) electrons. The van der Waals surface area contributed by atoms with Crippen LogP contribution in [0.5, 0.6) is 0 Å². The van der Waals surface area contributed by atoms with Gasteiger partial charge >= 0.3 is 11.9 Å². The molecule has 1 aliphatic heterocycles. The van der Waals surface area contributed by atoms with Crippen molar-refractivity contribution in [3.63, 3.8) is 0 Å². The number of ketones is 1. The van der Waals surface area contributed by atoms with Crippen LogP contribution < -0.4 is 0 Å². The van der Waals surface area contributed by atoms with Gasteiger partial charge in [0.2, 0.25) is 6.29 Å². The van der Waals surface area contributed by atoms with Crippen LogP contribution >= 0.6 is 0 Å². The Kier molecular flexibility index (Phi) is 10.5. The number of Topliss-reactive ketones (excluding diaryl/α,β-unsaturated/α-hetero) is 1. The van der Waals surface area contributed by atoms with E-state index in [4.69, 9.17) is 14.2 Å². The third-order valence-corrected chi connectivity index (χ3v) is 14.3. The minimum atomic E-state index is -1.73. The van der Waals surface area contributed by atoms with Crippen LogP contribution in [0.4, 0.5) is 0 Å². The Bertz CT molecular complexity index is 1360. The molecule has 12 atom stereocenters. The number of fused-ring (bicyclic) bond motifs is 4. The van der Waals surface area contributed by atoms with Crippen LogP contribution in [0.2, 0.25) is 0 Å². The third-order valence-electron chi connectivity index (χ3n) is 14.3. The largest absolute Gasteiger partial charge is 0.462 e. The average Bonchev–Trinajstić information content (AvgIpc) is 3.25. The van der Waals surface area contributed by atoms with E-state index in [9.17, 15) is 34.8 Å². The Labute approximate surface area is 291 Å². The second-order valence-corrected chi connectivity index (χ2v) is 17.3. The topological polar surface area (TPSA) is 160 Å². The minimum absolute atomic E-state index is 0.110. The van der Waals surface area contributed by atoms with Crippen molar-refractivity contribution in [3.8, 4) is 0 Å². The number of allylic oxidation sites excluding steroid dienone is 3. The molecule has 0 spiro atoms. The van der Waals surface area contributed by atoms with Gasteiger partial charge in [-0.15, -0.1) is 0 Å². The highest BCUT2D eigenvalue weighted by molar-refractivity contribution is 5.86. The standard InChI is InChI=1S/C39H60O10/c1-20(2)21(3)10-11-23(34(46)49-35-33(45)32(44)31(43)27(19-40)48-35)30-26(47-22(4)41)18-39(9)25-12-13-28-36(5,6)29(42)15-16-37(28,7)24(25)14-17-38(30,39)8/h20,23,26-28,30-33,35,40,43-45H,3,10-19H2,1-2,4-9H3. The predicted octanol–water partition coefficient (Wildman–Crippen LogP) is 4.80. The fourth-order valence-electron chi connectivity index (χ4n) is 11.0. The molecule has 49 heavy (non-hydrogen) atoms. The van der Waals surface area contributed by atoms with Crippen LogP contribution in [0.3, 0.4) is 0 Å². The molecule has 0 aromatic rings. The first-order chi connectivity index (χ1) is 22.7. The third kappa shape index (κ3) is 6.15. The van der Waals surface area contributed by atoms with E-state index in [2.05, 4.69) is 41.2 Å². The summed E-state index contributed by atoms with van der Waals surface area (Å²) in [4.78, 5) is 40.3. The molecule has 4 N–H and O–H groups in total. The van der Waals surface area contributed by atoms with Crippen LogP contribution in [0.15, 0.2) is 23.3 Å². The van der Waals surface area contributed by atoms with Crippen LogP contribution in [0, 0.1) is 45.3 Å². The summed E-state index contributed by atoms with van der Waals surface area (Å²) in [5.74, 6) is -1.53. The maximum Gasteiger partial charge on any atom is 0.311 e. The van der Waals surface area contributed by atoms with Crippen LogP contribution in [-0.4, -0.2) is 81.6 Å². The van der Waals surface area contributed by atoms with Gasteiger partial charge in [0.15, 0.2) is 0 Å². The summed E-state index contributed by atoms with van der Waals surface area (Å²) < 4.78 is 17.6. The van der Waals surface area contributed by atoms with Gasteiger partial charge in [-0.3, -0.25) is 14.4 Å². The van der Waals surface area contributed by atoms with Crippen molar-refractivity contribution in [1.29, 1.82) is 0 Å². The van der Waals surface area contributed by atoms with Crippen molar-refractivity contribution in [2.45, 2.75) is 150 Å². The second-order valence-electron chi connectivity index (χ2n) is 17.3. The lowest BCUT2D eigenvalue weighted by Crippen LogP contribution is -2.60. The smallest absolute Gasteiger partial charge is 0.311 e. The van der Waals surface area contributed by atoms with E-state index in [0.717, 1.165) is 37.7 Å². The van der Waals surface area contributed by atoms with Gasteiger partial charge in [-0.2, -0.15) is 0 Å². The van der Waals surface area contributed by atoms with Gasteiger partial charge < -0.3 is 34.6 Å². The molecule has 2 saturated carbocycles. The van der Waals surface area contributed by atoms with Gasteiger partial charge in [0.1, 0.15) is 36.3 Å². The van der Waals surface area contributed by atoms with E-state index in [-0.39, 0.29) is 17.3 Å². The van der Waals surface area contributed by atoms with Crippen LogP contribution in [0.25, 0.3) is 0 Å². The van der Waals surface area contributed by atoms with E-state index in [0.29, 0.717) is 31.5 Å². The number of hydrogen-bond acceptors (Lipinski definition) is 10. The van der Waals surface area contributed by atoms with Gasteiger partial charge in [-0.1, -0.05) is 71.8 Å². The van der Waals surface area contributed by atoms with Crippen molar-refractivity contribution in [2.75, 3.05) is 6.61 Å². The Morgan fingerprint density at radius 3 is 2.24 bits per heavy atom. The molecule has 10 nitrogen and oxygen atoms in total. The number of ether oxygens (including phenoxy) is 3. The summed E-state index contributed by atoms with van der Waals surface area (Å²) in [6.45, 7) is 20.2. The van der Waals surface area contributed by atoms with Gasteiger partial charge in [0.25, 0.3) is 0 Å². The zero-order valence-electron chi connectivity index (χ0n) is 30.8. The van der Waals surface area contributed by atoms with Crippen molar-refractivity contribution < 1.29 is 49.0 Å². The van der Waals surface area contributed by atoms with E-state index in [1.807, 2.05) is 13.8 Å². The molecule has 12 unspecified atom stereocenters. The molecular weight excluding hydrogens is 628 g/mol. The number of carbonyl (C=O) groups excluding carboxylic acids is 3. The van der Waals surface area contributed by atoms with Crippen molar-refractivity contribution in [1.82, 2.24) is 0 Å². The van der Waals surface area contributed by atoms with Gasteiger partial charge in [-0.25, -0.2) is 0 Å². The molecule has 0 aromatic carbocycles. The molecule has 1 saturated heterocycles. The molecule has 0 aromatic heterocycles. The molecule has 1 heterocycles. The average molecular weight is 689 g/mol. The summed E-state index contributed by atoms with van der Waals surface area (Å²) in [6, 6.07) is 0. The Balaban J connectivity index is 1.56. The van der Waals surface area contributed by atoms with E-state index in [1.54, 1.807) is 0 Å². The van der Waals surface area contributed by atoms with Crippen LogP contribution in [-0.2, 0) is 28.6 Å². The fraction of sp³-hybridized carbons (Fsp3) is 0.821. The van der Waals surface area contributed by atoms with Crippen molar-refractivity contribution in [2.24, 2.45) is 45.3 Å². The molecule has 10 heteroatoms. The first-order valence-corrected chi connectivity index (χ1v) is 18.4. The molecular formula is C39H60O10. The molecule has 276 valence electrons. The number of rotatable bonds is 9. The molecule has 3 fully saturated rings. The zero-order valence-corrected chi connectivity index (χ0v) is 30.8. The minimum Gasteiger partial charge on any atom is -0.462 e. The lowest BCUT2D eigenvalue weighted by Gasteiger charge is -2.60. The SMILES string of the molecule is C=C(CCC(C(=O)OC1OC(CO)C(O)C(O)C1O)C1C(OC(C)=O)CC2(C)C3=C(CCC12C)C1(C)CCC(=O)C(C)(C)C1CC3)C(C)C. The zero-order chi connectivity index (χ0) is 36.4. The van der Waals surface area contributed by atoms with E-state index < -0.39 is 83.4 Å². The van der Waals surface area contributed by atoms with Crippen LogP contribution in [0.1, 0.15) is 113 Å². The number of aliphatic hydroxyl groups is 4. The molecule has 4 aliphatic carbocycles. The lowest BCUT2D eigenvalue weighted by atomic mass is 9.43. The van der Waals surface area contributed by atoms with Gasteiger partial charge in [0, 0.05) is 24.7 Å². The summed E-state index contributed by atoms with van der Waals surface area (Å²) in [5, 5.41) is 41.2. The number of aliphatic hydroxyl groups excluding tert-OH is 4. The van der Waals surface area contributed by atoms with Crippen molar-refractivity contribution >= 4 is 17.7 Å². The quantitative estimate of drug-likeness (QED) is 0.196. The summed E-state index contributed by atoms with van der Waals surface area (Å²) in [5.41, 5.74) is 2.41. The first kappa shape index (κ1) is 38.1. The molecule has 0 bridgehead atoms. The van der Waals surface area contributed by atoms with Gasteiger partial charge in [0.05, 0.1) is 12.5 Å². The first-order valence-electron chi connectivity index (χ1n) is 18.4.